The lowest BCUT2D eigenvalue weighted by atomic mass is 10.2. The molecule has 0 radical (unpaired) electrons. The van der Waals surface area contributed by atoms with Gasteiger partial charge in [-0.15, -0.1) is 0 Å². The second-order valence-corrected chi connectivity index (χ2v) is 6.11. The summed E-state index contributed by atoms with van der Waals surface area (Å²) in [5.74, 6) is 1.04. The third-order valence-electron chi connectivity index (χ3n) is 4.16. The number of nitrogens with zero attached hydrogens (tertiary/aromatic N) is 2. The average molecular weight is 313 g/mol. The lowest BCUT2D eigenvalue weighted by molar-refractivity contribution is 0.103. The molecule has 1 aromatic heterocycles. The van der Waals surface area contributed by atoms with E-state index in [1.54, 1.807) is 0 Å². The van der Waals surface area contributed by atoms with E-state index in [-0.39, 0.29) is 6.10 Å². The third-order valence-corrected chi connectivity index (χ3v) is 4.41. The molecule has 0 amide bonds. The van der Waals surface area contributed by atoms with Gasteiger partial charge in [0.15, 0.2) is 0 Å². The Hall–Kier alpha value is -1.84. The Kier molecular flexibility index (Phi) is 3.60. The number of hydrogen-bond donors (Lipinski definition) is 0. The number of imidazole rings is 1. The van der Waals surface area contributed by atoms with Crippen molar-refractivity contribution in [2.45, 2.75) is 25.5 Å². The molecular weight excluding hydrogens is 296 g/mol. The van der Waals surface area contributed by atoms with Crippen molar-refractivity contribution >= 4 is 22.6 Å². The van der Waals surface area contributed by atoms with Gasteiger partial charge in [0.25, 0.3) is 0 Å². The summed E-state index contributed by atoms with van der Waals surface area (Å²) in [6.07, 6.45) is 2.26. The second-order valence-electron chi connectivity index (χ2n) is 5.67. The van der Waals surface area contributed by atoms with Gasteiger partial charge in [0.1, 0.15) is 11.9 Å². The Balaban J connectivity index is 1.79. The van der Waals surface area contributed by atoms with Gasteiger partial charge in [-0.2, -0.15) is 0 Å². The second kappa shape index (κ2) is 5.75. The number of halogens is 1. The van der Waals surface area contributed by atoms with Crippen LogP contribution in [0.4, 0.5) is 0 Å². The van der Waals surface area contributed by atoms with E-state index in [4.69, 9.17) is 21.3 Å². The molecule has 1 aliphatic rings. The molecule has 0 bridgehead atoms. The van der Waals surface area contributed by atoms with Gasteiger partial charge in [-0.3, -0.25) is 0 Å². The van der Waals surface area contributed by atoms with Crippen molar-refractivity contribution in [2.75, 3.05) is 6.61 Å². The molecule has 112 valence electrons. The van der Waals surface area contributed by atoms with Crippen LogP contribution in [0.5, 0.6) is 0 Å². The number of fused-ring (bicyclic) bond motifs is 1. The Morgan fingerprint density at radius 1 is 1.14 bits per heavy atom. The van der Waals surface area contributed by atoms with Crippen molar-refractivity contribution in [2.24, 2.45) is 0 Å². The van der Waals surface area contributed by atoms with Gasteiger partial charge in [0.05, 0.1) is 11.0 Å². The number of rotatable bonds is 3. The first-order valence-electron chi connectivity index (χ1n) is 7.62. The SMILES string of the molecule is Clc1ccc(Cn2c([C@@H]3CCCO3)nc3ccccc32)cc1. The molecule has 3 nitrogen and oxygen atoms in total. The van der Waals surface area contributed by atoms with E-state index in [0.717, 1.165) is 47.9 Å². The Bertz CT molecular complexity index is 788. The number of aromatic nitrogens is 2. The fourth-order valence-corrected chi connectivity index (χ4v) is 3.19. The zero-order valence-electron chi connectivity index (χ0n) is 12.2. The summed E-state index contributed by atoms with van der Waals surface area (Å²) in [4.78, 5) is 4.82. The number of ether oxygens (including phenoxy) is 1. The van der Waals surface area contributed by atoms with Crippen LogP contribution in [0.2, 0.25) is 5.02 Å². The van der Waals surface area contributed by atoms with Crippen molar-refractivity contribution in [3.8, 4) is 0 Å². The summed E-state index contributed by atoms with van der Waals surface area (Å²) >= 11 is 5.98. The molecule has 2 heterocycles. The summed E-state index contributed by atoms with van der Waals surface area (Å²) in [7, 11) is 0. The minimum Gasteiger partial charge on any atom is -0.370 e. The number of para-hydroxylation sites is 2. The smallest absolute Gasteiger partial charge is 0.139 e. The lowest BCUT2D eigenvalue weighted by Gasteiger charge is -2.13. The average Bonchev–Trinajstić information content (AvgIpc) is 3.18. The highest BCUT2D eigenvalue weighted by molar-refractivity contribution is 6.30. The minimum atomic E-state index is 0.111. The highest BCUT2D eigenvalue weighted by Crippen LogP contribution is 2.31. The Labute approximate surface area is 134 Å². The maximum Gasteiger partial charge on any atom is 0.139 e. The molecule has 1 fully saturated rings. The summed E-state index contributed by atoms with van der Waals surface area (Å²) in [5, 5.41) is 0.763. The molecule has 2 aromatic carbocycles. The normalized spacial score (nSPS) is 18.1. The minimum absolute atomic E-state index is 0.111. The quantitative estimate of drug-likeness (QED) is 0.707. The first-order valence-corrected chi connectivity index (χ1v) is 8.00. The van der Waals surface area contributed by atoms with Gasteiger partial charge < -0.3 is 9.30 Å². The van der Waals surface area contributed by atoms with Gasteiger partial charge in [-0.25, -0.2) is 4.98 Å². The van der Waals surface area contributed by atoms with Crippen molar-refractivity contribution in [1.29, 1.82) is 0 Å². The van der Waals surface area contributed by atoms with E-state index in [2.05, 4.69) is 34.9 Å². The van der Waals surface area contributed by atoms with Crippen molar-refractivity contribution in [1.82, 2.24) is 9.55 Å². The zero-order chi connectivity index (χ0) is 14.9. The fourth-order valence-electron chi connectivity index (χ4n) is 3.06. The van der Waals surface area contributed by atoms with Crippen LogP contribution in [-0.2, 0) is 11.3 Å². The first-order chi connectivity index (χ1) is 10.8. The van der Waals surface area contributed by atoms with Crippen LogP contribution in [0.15, 0.2) is 48.5 Å². The van der Waals surface area contributed by atoms with E-state index in [1.165, 1.54) is 5.56 Å². The fraction of sp³-hybridized carbons (Fsp3) is 0.278. The number of benzene rings is 2. The van der Waals surface area contributed by atoms with Crippen LogP contribution in [0.25, 0.3) is 11.0 Å². The van der Waals surface area contributed by atoms with Gasteiger partial charge in [0, 0.05) is 18.2 Å². The van der Waals surface area contributed by atoms with Crippen LogP contribution >= 0.6 is 11.6 Å². The highest BCUT2D eigenvalue weighted by Gasteiger charge is 2.24. The predicted molar refractivity (Wildman–Crippen MR) is 88.2 cm³/mol. The third kappa shape index (κ3) is 2.51. The maximum atomic E-state index is 5.98. The molecule has 1 atom stereocenters. The van der Waals surface area contributed by atoms with Gasteiger partial charge in [-0.05, 0) is 42.7 Å². The molecule has 1 saturated heterocycles. The Morgan fingerprint density at radius 3 is 2.73 bits per heavy atom. The predicted octanol–water partition coefficient (Wildman–Crippen LogP) is 4.59. The molecule has 0 unspecified atom stereocenters. The molecule has 0 saturated carbocycles. The molecule has 22 heavy (non-hydrogen) atoms. The van der Waals surface area contributed by atoms with Crippen molar-refractivity contribution in [3.05, 3.63) is 64.9 Å². The monoisotopic (exact) mass is 312 g/mol. The zero-order valence-corrected chi connectivity index (χ0v) is 13.0. The van der Waals surface area contributed by atoms with Crippen LogP contribution in [0, 0.1) is 0 Å². The largest absolute Gasteiger partial charge is 0.370 e. The maximum absolute atomic E-state index is 5.98. The summed E-state index contributed by atoms with van der Waals surface area (Å²) < 4.78 is 8.13. The molecule has 3 aromatic rings. The van der Waals surface area contributed by atoms with Crippen LogP contribution in [0.3, 0.4) is 0 Å². The van der Waals surface area contributed by atoms with Gasteiger partial charge >= 0.3 is 0 Å². The molecular formula is C18H17ClN2O. The van der Waals surface area contributed by atoms with E-state index < -0.39 is 0 Å². The van der Waals surface area contributed by atoms with Crippen molar-refractivity contribution < 1.29 is 4.74 Å². The van der Waals surface area contributed by atoms with Crippen molar-refractivity contribution in [3.63, 3.8) is 0 Å². The molecule has 4 rings (SSSR count). The van der Waals surface area contributed by atoms with E-state index in [0.29, 0.717) is 0 Å². The molecule has 0 aliphatic carbocycles. The standard InChI is InChI=1S/C18H17ClN2O/c19-14-9-7-13(8-10-14)12-21-16-5-2-1-4-15(16)20-18(21)17-6-3-11-22-17/h1-2,4-5,7-10,17H,3,6,11-12H2/t17-/m0/s1. The lowest BCUT2D eigenvalue weighted by Crippen LogP contribution is -2.09. The summed E-state index contributed by atoms with van der Waals surface area (Å²) in [5.41, 5.74) is 3.40. The molecule has 0 N–H and O–H groups in total. The Morgan fingerprint density at radius 2 is 1.95 bits per heavy atom. The summed E-state index contributed by atoms with van der Waals surface area (Å²) in [6.45, 7) is 1.61. The molecule has 1 aliphatic heterocycles. The van der Waals surface area contributed by atoms with E-state index >= 15 is 0 Å². The van der Waals surface area contributed by atoms with Crippen LogP contribution in [-0.4, -0.2) is 16.2 Å². The van der Waals surface area contributed by atoms with E-state index in [1.807, 2.05) is 18.2 Å². The number of hydrogen-bond acceptors (Lipinski definition) is 2. The topological polar surface area (TPSA) is 27.1 Å². The highest BCUT2D eigenvalue weighted by atomic mass is 35.5. The summed E-state index contributed by atoms with van der Waals surface area (Å²) in [6, 6.07) is 16.3. The van der Waals surface area contributed by atoms with E-state index in [9.17, 15) is 0 Å². The molecule has 0 spiro atoms. The molecule has 4 heteroatoms. The van der Waals surface area contributed by atoms with Gasteiger partial charge in [-0.1, -0.05) is 35.9 Å². The first kappa shape index (κ1) is 13.8. The van der Waals surface area contributed by atoms with Crippen LogP contribution in [0.1, 0.15) is 30.3 Å². The van der Waals surface area contributed by atoms with Crippen LogP contribution < -0.4 is 0 Å². The van der Waals surface area contributed by atoms with Gasteiger partial charge in [0.2, 0.25) is 0 Å².